The summed E-state index contributed by atoms with van der Waals surface area (Å²) < 4.78 is 10.8. The third-order valence-electron chi connectivity index (χ3n) is 4.20. The van der Waals surface area contributed by atoms with Crippen molar-refractivity contribution in [3.63, 3.8) is 0 Å². The highest BCUT2D eigenvalue weighted by Crippen LogP contribution is 2.39. The van der Waals surface area contributed by atoms with Crippen LogP contribution in [0.4, 0.5) is 0 Å². The van der Waals surface area contributed by atoms with Crippen molar-refractivity contribution in [2.24, 2.45) is 0 Å². The minimum Gasteiger partial charge on any atom is -0.493 e. The Hall–Kier alpha value is -2.12. The number of hydrogen-bond donors (Lipinski definition) is 1. The molecule has 128 valence electrons. The summed E-state index contributed by atoms with van der Waals surface area (Å²) in [4.78, 5) is 17.9. The first-order valence-electron chi connectivity index (χ1n) is 7.76. The van der Waals surface area contributed by atoms with E-state index in [2.05, 4.69) is 4.98 Å². The first kappa shape index (κ1) is 16.7. The number of carbonyl (C=O) groups is 1. The third kappa shape index (κ3) is 3.22. The number of methoxy groups -OCH3 is 2. The number of likely N-dealkylation sites (tertiary alicyclic amines) is 1. The van der Waals surface area contributed by atoms with Gasteiger partial charge in [0.25, 0.3) is 0 Å². The van der Waals surface area contributed by atoms with E-state index in [1.54, 1.807) is 14.2 Å². The molecule has 1 N–H and O–H groups in total. The molecule has 1 aromatic heterocycles. The molecular formula is C17H20N2O4S. The second kappa shape index (κ2) is 7.19. The molecule has 0 bridgehead atoms. The summed E-state index contributed by atoms with van der Waals surface area (Å²) in [6, 6.07) is 5.29. The molecule has 0 amide bonds. The molecule has 7 heteroatoms. The molecule has 0 saturated carbocycles. The quantitative estimate of drug-likeness (QED) is 0.865. The minimum atomic E-state index is -0.752. The van der Waals surface area contributed by atoms with Gasteiger partial charge in [0.05, 0.1) is 25.5 Å². The van der Waals surface area contributed by atoms with Crippen LogP contribution in [0.3, 0.4) is 0 Å². The van der Waals surface area contributed by atoms with E-state index in [1.165, 1.54) is 11.3 Å². The van der Waals surface area contributed by atoms with Crippen molar-refractivity contribution in [2.45, 2.75) is 25.4 Å². The Morgan fingerprint density at radius 3 is 2.96 bits per heavy atom. The highest BCUT2D eigenvalue weighted by atomic mass is 32.1. The summed E-state index contributed by atoms with van der Waals surface area (Å²) in [5, 5.41) is 12.1. The van der Waals surface area contributed by atoms with E-state index in [0.29, 0.717) is 24.5 Å². The van der Waals surface area contributed by atoms with Crippen LogP contribution in [0.5, 0.6) is 11.5 Å². The van der Waals surface area contributed by atoms with Crippen molar-refractivity contribution in [3.8, 4) is 22.1 Å². The summed E-state index contributed by atoms with van der Waals surface area (Å²) >= 11 is 1.52. The first-order chi connectivity index (χ1) is 11.6. The Labute approximate surface area is 144 Å². The molecule has 0 aliphatic carbocycles. The zero-order valence-corrected chi connectivity index (χ0v) is 14.5. The van der Waals surface area contributed by atoms with Crippen LogP contribution in [-0.2, 0) is 11.3 Å². The fraction of sp³-hybridized carbons (Fsp3) is 0.412. The number of para-hydroxylation sites is 1. The van der Waals surface area contributed by atoms with Crippen molar-refractivity contribution < 1.29 is 19.4 Å². The number of carboxylic acid groups (broad SMARTS) is 1. The van der Waals surface area contributed by atoms with E-state index in [9.17, 15) is 9.90 Å². The van der Waals surface area contributed by atoms with Gasteiger partial charge in [-0.25, -0.2) is 4.98 Å². The smallest absolute Gasteiger partial charge is 0.320 e. The monoisotopic (exact) mass is 348 g/mol. The predicted molar refractivity (Wildman–Crippen MR) is 91.7 cm³/mol. The molecule has 0 spiro atoms. The van der Waals surface area contributed by atoms with E-state index in [1.807, 2.05) is 28.5 Å². The number of thiazole rings is 1. The SMILES string of the molecule is COc1cccc(-c2nc(CN3CCC[C@H]3C(=O)O)cs2)c1OC. The van der Waals surface area contributed by atoms with Crippen LogP contribution in [0.15, 0.2) is 23.6 Å². The fourth-order valence-corrected chi connectivity index (χ4v) is 3.89. The molecule has 6 nitrogen and oxygen atoms in total. The maximum atomic E-state index is 11.3. The Balaban J connectivity index is 1.83. The van der Waals surface area contributed by atoms with Crippen LogP contribution in [0, 0.1) is 0 Å². The fourth-order valence-electron chi connectivity index (χ4n) is 3.06. The zero-order valence-electron chi connectivity index (χ0n) is 13.7. The van der Waals surface area contributed by atoms with Gasteiger partial charge in [0.1, 0.15) is 11.0 Å². The largest absolute Gasteiger partial charge is 0.493 e. The van der Waals surface area contributed by atoms with Gasteiger partial charge in [-0.05, 0) is 31.5 Å². The lowest BCUT2D eigenvalue weighted by Gasteiger charge is -2.19. The lowest BCUT2D eigenvalue weighted by atomic mass is 10.2. The normalized spacial score (nSPS) is 17.8. The maximum Gasteiger partial charge on any atom is 0.320 e. The van der Waals surface area contributed by atoms with Crippen LogP contribution in [0.25, 0.3) is 10.6 Å². The molecule has 1 atom stereocenters. The number of rotatable bonds is 6. The van der Waals surface area contributed by atoms with Gasteiger partial charge in [0.15, 0.2) is 11.5 Å². The molecule has 1 aliphatic rings. The van der Waals surface area contributed by atoms with Gasteiger partial charge in [-0.1, -0.05) is 6.07 Å². The van der Waals surface area contributed by atoms with Gasteiger partial charge >= 0.3 is 5.97 Å². The van der Waals surface area contributed by atoms with Gasteiger partial charge in [-0.2, -0.15) is 0 Å². The summed E-state index contributed by atoms with van der Waals surface area (Å²) in [5.41, 5.74) is 1.76. The summed E-state index contributed by atoms with van der Waals surface area (Å²) in [6.07, 6.45) is 1.62. The van der Waals surface area contributed by atoms with Crippen LogP contribution >= 0.6 is 11.3 Å². The molecule has 1 aliphatic heterocycles. The molecule has 3 rings (SSSR count). The van der Waals surface area contributed by atoms with Crippen molar-refractivity contribution in [1.29, 1.82) is 0 Å². The number of ether oxygens (including phenoxy) is 2. The molecule has 1 aromatic carbocycles. The Morgan fingerprint density at radius 2 is 2.25 bits per heavy atom. The molecule has 2 heterocycles. The Bertz CT molecular complexity index is 731. The lowest BCUT2D eigenvalue weighted by Crippen LogP contribution is -2.35. The number of aliphatic carboxylic acids is 1. The Morgan fingerprint density at radius 1 is 1.42 bits per heavy atom. The van der Waals surface area contributed by atoms with Crippen molar-refractivity contribution >= 4 is 17.3 Å². The van der Waals surface area contributed by atoms with E-state index < -0.39 is 12.0 Å². The highest BCUT2D eigenvalue weighted by molar-refractivity contribution is 7.13. The van der Waals surface area contributed by atoms with E-state index in [-0.39, 0.29) is 0 Å². The highest BCUT2D eigenvalue weighted by Gasteiger charge is 2.30. The second-order valence-electron chi connectivity index (χ2n) is 5.65. The van der Waals surface area contributed by atoms with Crippen molar-refractivity contribution in [2.75, 3.05) is 20.8 Å². The first-order valence-corrected chi connectivity index (χ1v) is 8.64. The number of hydrogen-bond acceptors (Lipinski definition) is 6. The number of aromatic nitrogens is 1. The standard InChI is InChI=1S/C17H20N2O4S/c1-22-14-7-3-5-12(15(14)23-2)16-18-11(10-24-16)9-19-8-4-6-13(19)17(20)21/h3,5,7,10,13H,4,6,8-9H2,1-2H3,(H,20,21)/t13-/m0/s1. The van der Waals surface area contributed by atoms with Crippen LogP contribution < -0.4 is 9.47 Å². The predicted octanol–water partition coefficient (Wildman–Crippen LogP) is 2.88. The number of benzene rings is 1. The third-order valence-corrected chi connectivity index (χ3v) is 5.12. The molecule has 1 fully saturated rings. The van der Waals surface area contributed by atoms with E-state index >= 15 is 0 Å². The topological polar surface area (TPSA) is 71.9 Å². The van der Waals surface area contributed by atoms with E-state index in [4.69, 9.17) is 9.47 Å². The zero-order chi connectivity index (χ0) is 17.1. The van der Waals surface area contributed by atoms with Crippen LogP contribution in [-0.4, -0.2) is 47.8 Å². The van der Waals surface area contributed by atoms with E-state index in [0.717, 1.165) is 29.2 Å². The average Bonchev–Trinajstić information content (AvgIpc) is 3.23. The second-order valence-corrected chi connectivity index (χ2v) is 6.51. The van der Waals surface area contributed by atoms with Gasteiger partial charge in [-0.15, -0.1) is 11.3 Å². The van der Waals surface area contributed by atoms with Gasteiger partial charge in [-0.3, -0.25) is 9.69 Å². The minimum absolute atomic E-state index is 0.401. The van der Waals surface area contributed by atoms with Crippen LogP contribution in [0.2, 0.25) is 0 Å². The lowest BCUT2D eigenvalue weighted by molar-refractivity contribution is -0.142. The number of nitrogens with zero attached hydrogens (tertiary/aromatic N) is 2. The van der Waals surface area contributed by atoms with Crippen molar-refractivity contribution in [1.82, 2.24) is 9.88 Å². The molecular weight excluding hydrogens is 328 g/mol. The summed E-state index contributed by atoms with van der Waals surface area (Å²) in [6.45, 7) is 1.35. The van der Waals surface area contributed by atoms with Gasteiger partial charge < -0.3 is 14.6 Å². The summed E-state index contributed by atoms with van der Waals surface area (Å²) in [7, 11) is 3.21. The Kier molecular flexibility index (Phi) is 5.01. The molecule has 24 heavy (non-hydrogen) atoms. The van der Waals surface area contributed by atoms with Gasteiger partial charge in [0.2, 0.25) is 0 Å². The molecule has 1 saturated heterocycles. The van der Waals surface area contributed by atoms with Gasteiger partial charge in [0, 0.05) is 11.9 Å². The number of carboxylic acids is 1. The molecule has 0 radical (unpaired) electrons. The molecule has 0 unspecified atom stereocenters. The summed E-state index contributed by atoms with van der Waals surface area (Å²) in [5.74, 6) is 0.570. The average molecular weight is 348 g/mol. The molecule has 2 aromatic rings. The maximum absolute atomic E-state index is 11.3. The van der Waals surface area contributed by atoms with Crippen molar-refractivity contribution in [3.05, 3.63) is 29.3 Å². The van der Waals surface area contributed by atoms with Crippen LogP contribution in [0.1, 0.15) is 18.5 Å².